The molecule has 3 rings (SSSR count). The quantitative estimate of drug-likeness (QED) is 0.184. The van der Waals surface area contributed by atoms with Gasteiger partial charge in [0.15, 0.2) is 0 Å². The normalized spacial score (nSPS) is 11.3. The monoisotopic (exact) mass is 479 g/mol. The summed E-state index contributed by atoms with van der Waals surface area (Å²) in [5.41, 5.74) is 1.99. The standard InChI is InChI=1S/C28H33NO6/c1-19-22-15-14-21(18-24(22)34-26(31)23(19)17-20-11-7-5-8-12-20)33-25(30)13-9-6-10-16-29-27(32)35-28(2,3)4/h5,7-8,11-12,14-15,18H,6,9-10,13,16-17H2,1-4H3,(H,29,32). The van der Waals surface area contributed by atoms with Gasteiger partial charge in [0, 0.05) is 36.4 Å². The molecule has 0 aliphatic carbocycles. The van der Waals surface area contributed by atoms with Crippen molar-refractivity contribution in [2.75, 3.05) is 6.54 Å². The topological polar surface area (TPSA) is 94.8 Å². The van der Waals surface area contributed by atoms with Gasteiger partial charge in [-0.05, 0) is 63.8 Å². The zero-order valence-corrected chi connectivity index (χ0v) is 20.8. The van der Waals surface area contributed by atoms with Crippen molar-refractivity contribution < 1.29 is 23.5 Å². The van der Waals surface area contributed by atoms with Gasteiger partial charge in [-0.3, -0.25) is 4.79 Å². The van der Waals surface area contributed by atoms with E-state index in [1.165, 1.54) is 0 Å². The number of carbonyl (C=O) groups excluding carboxylic acids is 2. The maximum atomic E-state index is 12.6. The predicted molar refractivity (Wildman–Crippen MR) is 135 cm³/mol. The summed E-state index contributed by atoms with van der Waals surface area (Å²) < 4.78 is 16.2. The third kappa shape index (κ3) is 7.98. The summed E-state index contributed by atoms with van der Waals surface area (Å²) in [7, 11) is 0. The molecular weight excluding hydrogens is 446 g/mol. The molecule has 1 N–H and O–H groups in total. The number of benzene rings is 2. The molecule has 0 aliphatic heterocycles. The molecule has 0 radical (unpaired) electrons. The van der Waals surface area contributed by atoms with Gasteiger partial charge in [-0.25, -0.2) is 9.59 Å². The summed E-state index contributed by atoms with van der Waals surface area (Å²) in [6.07, 6.45) is 2.44. The fraction of sp³-hybridized carbons (Fsp3) is 0.393. The number of unbranched alkanes of at least 4 members (excludes halogenated alkanes) is 2. The average molecular weight is 480 g/mol. The van der Waals surface area contributed by atoms with Crippen molar-refractivity contribution in [3.8, 4) is 5.75 Å². The van der Waals surface area contributed by atoms with E-state index in [1.54, 1.807) is 12.1 Å². The molecule has 0 bridgehead atoms. The number of aryl methyl sites for hydroxylation is 1. The lowest BCUT2D eigenvalue weighted by molar-refractivity contribution is -0.134. The average Bonchev–Trinajstić information content (AvgIpc) is 2.78. The zero-order chi connectivity index (χ0) is 25.4. The van der Waals surface area contributed by atoms with Crippen LogP contribution in [0.5, 0.6) is 5.75 Å². The molecule has 1 aromatic heterocycles. The van der Waals surface area contributed by atoms with Crippen molar-refractivity contribution in [3.05, 3.63) is 75.6 Å². The van der Waals surface area contributed by atoms with E-state index in [2.05, 4.69) is 5.32 Å². The van der Waals surface area contributed by atoms with E-state index in [9.17, 15) is 14.4 Å². The van der Waals surface area contributed by atoms with Gasteiger partial charge in [-0.2, -0.15) is 0 Å². The van der Waals surface area contributed by atoms with Crippen molar-refractivity contribution in [1.82, 2.24) is 5.32 Å². The highest BCUT2D eigenvalue weighted by Gasteiger charge is 2.16. The molecule has 186 valence electrons. The molecule has 0 spiro atoms. The van der Waals surface area contributed by atoms with Crippen LogP contribution in [0.2, 0.25) is 0 Å². The lowest BCUT2D eigenvalue weighted by Gasteiger charge is -2.19. The maximum absolute atomic E-state index is 12.6. The van der Waals surface area contributed by atoms with E-state index in [0.717, 1.165) is 29.4 Å². The summed E-state index contributed by atoms with van der Waals surface area (Å²) in [5, 5.41) is 3.51. The molecule has 7 nitrogen and oxygen atoms in total. The molecule has 0 saturated carbocycles. The first kappa shape index (κ1) is 26.0. The molecule has 35 heavy (non-hydrogen) atoms. The molecule has 3 aromatic rings. The van der Waals surface area contributed by atoms with E-state index in [1.807, 2.05) is 64.1 Å². The van der Waals surface area contributed by atoms with Crippen LogP contribution in [0.3, 0.4) is 0 Å². The van der Waals surface area contributed by atoms with Crippen LogP contribution in [0.25, 0.3) is 11.0 Å². The second-order valence-electron chi connectivity index (χ2n) is 9.53. The minimum absolute atomic E-state index is 0.253. The number of rotatable bonds is 9. The molecule has 1 heterocycles. The smallest absolute Gasteiger partial charge is 0.407 e. The SMILES string of the molecule is Cc1c(Cc2ccccc2)c(=O)oc2cc(OC(=O)CCCCCNC(=O)OC(C)(C)C)ccc12. The van der Waals surface area contributed by atoms with Crippen molar-refractivity contribution in [3.63, 3.8) is 0 Å². The Morgan fingerprint density at radius 1 is 1.00 bits per heavy atom. The van der Waals surface area contributed by atoms with Crippen LogP contribution < -0.4 is 15.7 Å². The van der Waals surface area contributed by atoms with E-state index >= 15 is 0 Å². The van der Waals surface area contributed by atoms with Crippen molar-refractivity contribution >= 4 is 23.0 Å². The minimum Gasteiger partial charge on any atom is -0.444 e. The molecule has 0 unspecified atom stereocenters. The molecule has 7 heteroatoms. The number of nitrogens with one attached hydrogen (secondary N) is 1. The highest BCUT2D eigenvalue weighted by Crippen LogP contribution is 2.25. The predicted octanol–water partition coefficient (Wildman–Crippen LogP) is 5.68. The Bertz CT molecular complexity index is 1220. The second-order valence-corrected chi connectivity index (χ2v) is 9.53. The van der Waals surface area contributed by atoms with Crippen LogP contribution in [-0.2, 0) is 16.0 Å². The number of esters is 1. The van der Waals surface area contributed by atoms with Crippen LogP contribution in [0.4, 0.5) is 4.79 Å². The molecule has 0 fully saturated rings. The van der Waals surface area contributed by atoms with Crippen molar-refractivity contribution in [1.29, 1.82) is 0 Å². The lowest BCUT2D eigenvalue weighted by atomic mass is 10.00. The Morgan fingerprint density at radius 3 is 2.46 bits per heavy atom. The van der Waals surface area contributed by atoms with Crippen LogP contribution >= 0.6 is 0 Å². The fourth-order valence-electron chi connectivity index (χ4n) is 3.70. The first-order chi connectivity index (χ1) is 16.6. The van der Waals surface area contributed by atoms with Gasteiger partial charge in [-0.15, -0.1) is 0 Å². The van der Waals surface area contributed by atoms with E-state index in [4.69, 9.17) is 13.9 Å². The Balaban J connectivity index is 1.50. The number of amides is 1. The van der Waals surface area contributed by atoms with Gasteiger partial charge < -0.3 is 19.2 Å². The minimum atomic E-state index is -0.526. The van der Waals surface area contributed by atoms with Gasteiger partial charge in [0.1, 0.15) is 16.9 Å². The Kier molecular flexibility index (Phi) is 8.68. The van der Waals surface area contributed by atoms with Gasteiger partial charge >= 0.3 is 17.7 Å². The number of hydrogen-bond donors (Lipinski definition) is 1. The summed E-state index contributed by atoms with van der Waals surface area (Å²) in [4.78, 5) is 36.5. The van der Waals surface area contributed by atoms with E-state index < -0.39 is 11.7 Å². The molecule has 0 saturated heterocycles. The molecule has 0 atom stereocenters. The van der Waals surface area contributed by atoms with E-state index in [0.29, 0.717) is 36.3 Å². The first-order valence-electron chi connectivity index (χ1n) is 11.9. The number of carbonyl (C=O) groups is 2. The first-order valence-corrected chi connectivity index (χ1v) is 11.9. The zero-order valence-electron chi connectivity index (χ0n) is 20.8. The lowest BCUT2D eigenvalue weighted by Crippen LogP contribution is -2.33. The number of ether oxygens (including phenoxy) is 2. The summed E-state index contributed by atoms with van der Waals surface area (Å²) in [5.74, 6) is -0.0170. The molecular formula is C28H33NO6. The highest BCUT2D eigenvalue weighted by atomic mass is 16.6. The number of alkyl carbamates (subject to hydrolysis) is 1. The summed E-state index contributed by atoms with van der Waals surface area (Å²) in [6, 6.07) is 14.9. The molecule has 1 amide bonds. The van der Waals surface area contributed by atoms with Crippen molar-refractivity contribution in [2.45, 2.75) is 65.4 Å². The van der Waals surface area contributed by atoms with Crippen LogP contribution in [0.1, 0.15) is 63.1 Å². The van der Waals surface area contributed by atoms with Crippen molar-refractivity contribution in [2.24, 2.45) is 0 Å². The number of fused-ring (bicyclic) bond motifs is 1. The fourth-order valence-corrected chi connectivity index (χ4v) is 3.70. The third-order valence-corrected chi connectivity index (χ3v) is 5.44. The van der Waals surface area contributed by atoms with Gasteiger partial charge in [-0.1, -0.05) is 36.8 Å². The summed E-state index contributed by atoms with van der Waals surface area (Å²) >= 11 is 0. The maximum Gasteiger partial charge on any atom is 0.407 e. The van der Waals surface area contributed by atoms with Crippen LogP contribution in [-0.4, -0.2) is 24.2 Å². The Hall–Kier alpha value is -3.61. The van der Waals surface area contributed by atoms with Crippen LogP contribution in [0, 0.1) is 6.92 Å². The summed E-state index contributed by atoms with van der Waals surface area (Å²) in [6.45, 7) is 7.82. The van der Waals surface area contributed by atoms with Gasteiger partial charge in [0.25, 0.3) is 0 Å². The largest absolute Gasteiger partial charge is 0.444 e. The third-order valence-electron chi connectivity index (χ3n) is 5.44. The van der Waals surface area contributed by atoms with E-state index in [-0.39, 0.29) is 18.0 Å². The molecule has 0 aliphatic rings. The van der Waals surface area contributed by atoms with Crippen LogP contribution in [0.15, 0.2) is 57.7 Å². The number of hydrogen-bond acceptors (Lipinski definition) is 6. The Labute approximate surface area is 205 Å². The Morgan fingerprint density at radius 2 is 1.74 bits per heavy atom. The second kappa shape index (κ2) is 11.7. The van der Waals surface area contributed by atoms with Gasteiger partial charge in [0.05, 0.1) is 0 Å². The van der Waals surface area contributed by atoms with Gasteiger partial charge in [0.2, 0.25) is 0 Å². The highest BCUT2D eigenvalue weighted by molar-refractivity contribution is 5.83. The molecule has 2 aromatic carbocycles.